The number of aliphatic carboxylic acids is 1. The van der Waals surface area contributed by atoms with Gasteiger partial charge in [-0.2, -0.15) is 0 Å². The van der Waals surface area contributed by atoms with Crippen molar-refractivity contribution >= 4 is 12.1 Å². The van der Waals surface area contributed by atoms with Crippen LogP contribution in [0.1, 0.15) is 41.0 Å². The molecule has 0 aliphatic rings. The van der Waals surface area contributed by atoms with Crippen LogP contribution in [0, 0.1) is 0 Å². The number of alkyl carbamates (subject to hydrolysis) is 1. The first-order valence-corrected chi connectivity index (χ1v) is 4.73. The van der Waals surface area contributed by atoms with E-state index in [1.807, 2.05) is 0 Å². The van der Waals surface area contributed by atoms with Gasteiger partial charge in [-0.05, 0) is 34.6 Å². The van der Waals surface area contributed by atoms with E-state index in [9.17, 15) is 14.7 Å². The van der Waals surface area contributed by atoms with Gasteiger partial charge in [0, 0.05) is 17.9 Å². The third-order valence-electron chi connectivity index (χ3n) is 1.43. The fraction of sp³-hybridized carbons (Fsp3) is 0.800. The number of rotatable bonds is 3. The van der Waals surface area contributed by atoms with Crippen LogP contribution in [0.4, 0.5) is 4.79 Å². The molecule has 15 heavy (non-hydrogen) atoms. The Labute approximate surface area is 89.8 Å². The zero-order valence-corrected chi connectivity index (χ0v) is 9.84. The summed E-state index contributed by atoms with van der Waals surface area (Å²) in [6, 6.07) is 0. The molecule has 1 amide bonds. The first kappa shape index (κ1) is 13.7. The van der Waals surface area contributed by atoms with E-state index >= 15 is 0 Å². The second kappa shape index (κ2) is 4.51. The number of carboxylic acid groups (broad SMARTS) is 1. The van der Waals surface area contributed by atoms with Crippen molar-refractivity contribution in [1.82, 2.24) is 5.32 Å². The second-order valence-corrected chi connectivity index (χ2v) is 5.06. The van der Waals surface area contributed by atoms with Crippen molar-refractivity contribution in [2.45, 2.75) is 52.2 Å². The van der Waals surface area contributed by atoms with Gasteiger partial charge in [0.1, 0.15) is 5.60 Å². The number of carboxylic acids is 1. The Kier molecular flexibility index (Phi) is 4.13. The molecule has 0 atom stereocenters. The van der Waals surface area contributed by atoms with Crippen molar-refractivity contribution in [3.05, 3.63) is 0 Å². The number of amides is 1. The van der Waals surface area contributed by atoms with E-state index < -0.39 is 23.2 Å². The summed E-state index contributed by atoms with van der Waals surface area (Å²) < 4.78 is 4.99. The highest BCUT2D eigenvalue weighted by Crippen LogP contribution is 2.11. The maximum Gasteiger partial charge on any atom is 0.408 e. The number of carbonyl (C=O) groups excluding carboxylic acids is 2. The minimum Gasteiger partial charge on any atom is -0.550 e. The van der Waals surface area contributed by atoms with Crippen molar-refractivity contribution in [2.24, 2.45) is 0 Å². The summed E-state index contributed by atoms with van der Waals surface area (Å²) in [7, 11) is 0. The van der Waals surface area contributed by atoms with E-state index in [1.54, 1.807) is 34.6 Å². The summed E-state index contributed by atoms with van der Waals surface area (Å²) in [5.74, 6) is -1.21. The Bertz CT molecular complexity index is 253. The van der Waals surface area contributed by atoms with E-state index in [4.69, 9.17) is 4.74 Å². The summed E-state index contributed by atoms with van der Waals surface area (Å²) in [5, 5.41) is 12.8. The van der Waals surface area contributed by atoms with Gasteiger partial charge in [0.05, 0.1) is 0 Å². The first-order chi connectivity index (χ1) is 6.52. The van der Waals surface area contributed by atoms with Crippen LogP contribution in [-0.2, 0) is 9.53 Å². The van der Waals surface area contributed by atoms with Gasteiger partial charge in [0.15, 0.2) is 0 Å². The molecular formula is C10H18NO4-. The molecule has 0 aromatic carbocycles. The lowest BCUT2D eigenvalue weighted by Crippen LogP contribution is -2.48. The number of hydrogen-bond donors (Lipinski definition) is 1. The van der Waals surface area contributed by atoms with E-state index in [1.165, 1.54) is 0 Å². The van der Waals surface area contributed by atoms with Crippen molar-refractivity contribution in [3.63, 3.8) is 0 Å². The van der Waals surface area contributed by atoms with Crippen LogP contribution >= 0.6 is 0 Å². The third kappa shape index (κ3) is 7.78. The molecule has 5 nitrogen and oxygen atoms in total. The van der Waals surface area contributed by atoms with E-state index in [0.29, 0.717) is 0 Å². The molecule has 0 aromatic heterocycles. The molecule has 1 N–H and O–H groups in total. The maximum absolute atomic E-state index is 11.3. The van der Waals surface area contributed by atoms with Crippen LogP contribution in [0.3, 0.4) is 0 Å². The molecule has 5 heteroatoms. The second-order valence-electron chi connectivity index (χ2n) is 5.06. The number of ether oxygens (including phenoxy) is 1. The van der Waals surface area contributed by atoms with Gasteiger partial charge in [-0.25, -0.2) is 4.79 Å². The smallest absolute Gasteiger partial charge is 0.408 e. The molecule has 0 aliphatic carbocycles. The highest BCUT2D eigenvalue weighted by molar-refractivity contribution is 5.71. The fourth-order valence-corrected chi connectivity index (χ4v) is 0.985. The number of carbonyl (C=O) groups is 2. The number of nitrogens with one attached hydrogen (secondary N) is 1. The molecule has 0 saturated heterocycles. The van der Waals surface area contributed by atoms with Crippen molar-refractivity contribution < 1.29 is 19.4 Å². The van der Waals surface area contributed by atoms with Gasteiger partial charge in [-0.1, -0.05) is 0 Å². The predicted molar refractivity (Wildman–Crippen MR) is 53.1 cm³/mol. The predicted octanol–water partition coefficient (Wildman–Crippen LogP) is 0.430. The molecule has 0 spiro atoms. The summed E-state index contributed by atoms with van der Waals surface area (Å²) in [6.45, 7) is 8.38. The van der Waals surface area contributed by atoms with Crippen LogP contribution < -0.4 is 10.4 Å². The van der Waals surface area contributed by atoms with Crippen LogP contribution in [0.25, 0.3) is 0 Å². The summed E-state index contributed by atoms with van der Waals surface area (Å²) in [6.07, 6.45) is -0.888. The SMILES string of the molecule is CC(C)(CC(=O)[O-])NC(=O)OC(C)(C)C. The quantitative estimate of drug-likeness (QED) is 0.742. The minimum absolute atomic E-state index is 0.258. The standard InChI is InChI=1S/C10H19NO4/c1-9(2,3)15-8(14)11-10(4,5)6-7(12)13/h6H2,1-5H3,(H,11,14)(H,12,13)/p-1. The molecule has 0 bridgehead atoms. The average molecular weight is 216 g/mol. The molecule has 0 radical (unpaired) electrons. The Balaban J connectivity index is 4.22. The van der Waals surface area contributed by atoms with E-state index in [0.717, 1.165) is 0 Å². The van der Waals surface area contributed by atoms with Gasteiger partial charge in [0.2, 0.25) is 0 Å². The highest BCUT2D eigenvalue weighted by atomic mass is 16.6. The summed E-state index contributed by atoms with van der Waals surface area (Å²) in [4.78, 5) is 21.7. The van der Waals surface area contributed by atoms with Crippen LogP contribution in [0.2, 0.25) is 0 Å². The Morgan fingerprint density at radius 2 is 1.67 bits per heavy atom. The van der Waals surface area contributed by atoms with Gasteiger partial charge in [-0.15, -0.1) is 0 Å². The molecule has 0 heterocycles. The zero-order chi connectivity index (χ0) is 12.3. The first-order valence-electron chi connectivity index (χ1n) is 4.73. The summed E-state index contributed by atoms with van der Waals surface area (Å²) in [5.41, 5.74) is -1.47. The minimum atomic E-state index is -1.21. The zero-order valence-electron chi connectivity index (χ0n) is 9.84. The molecule has 0 fully saturated rings. The normalized spacial score (nSPS) is 12.1. The van der Waals surface area contributed by atoms with Crippen molar-refractivity contribution in [3.8, 4) is 0 Å². The maximum atomic E-state index is 11.3. The molecule has 88 valence electrons. The van der Waals surface area contributed by atoms with Gasteiger partial charge < -0.3 is 20.0 Å². The molecule has 0 aromatic rings. The van der Waals surface area contributed by atoms with Crippen LogP contribution in [0.15, 0.2) is 0 Å². The third-order valence-corrected chi connectivity index (χ3v) is 1.43. The van der Waals surface area contributed by atoms with E-state index in [2.05, 4.69) is 5.32 Å². The molecule has 0 saturated carbocycles. The average Bonchev–Trinajstić information content (AvgIpc) is 1.73. The Hall–Kier alpha value is -1.26. The lowest BCUT2D eigenvalue weighted by molar-refractivity contribution is -0.306. The van der Waals surface area contributed by atoms with Crippen molar-refractivity contribution in [2.75, 3.05) is 0 Å². The Morgan fingerprint density at radius 1 is 1.20 bits per heavy atom. The van der Waals surface area contributed by atoms with Crippen LogP contribution in [-0.4, -0.2) is 23.2 Å². The highest BCUT2D eigenvalue weighted by Gasteiger charge is 2.24. The van der Waals surface area contributed by atoms with Gasteiger partial charge in [0.25, 0.3) is 0 Å². The molecule has 0 unspecified atom stereocenters. The van der Waals surface area contributed by atoms with Gasteiger partial charge >= 0.3 is 6.09 Å². The largest absolute Gasteiger partial charge is 0.550 e. The monoisotopic (exact) mass is 216 g/mol. The lowest BCUT2D eigenvalue weighted by Gasteiger charge is -2.28. The fourth-order valence-electron chi connectivity index (χ4n) is 0.985. The van der Waals surface area contributed by atoms with Crippen molar-refractivity contribution in [1.29, 1.82) is 0 Å². The topological polar surface area (TPSA) is 78.5 Å². The summed E-state index contributed by atoms with van der Waals surface area (Å²) >= 11 is 0. The van der Waals surface area contributed by atoms with Crippen LogP contribution in [0.5, 0.6) is 0 Å². The molecule has 0 rings (SSSR count). The van der Waals surface area contributed by atoms with E-state index in [-0.39, 0.29) is 6.42 Å². The molecular weight excluding hydrogens is 198 g/mol. The lowest BCUT2D eigenvalue weighted by atomic mass is 10.0. The molecule has 0 aliphatic heterocycles. The Morgan fingerprint density at radius 3 is 2.00 bits per heavy atom. The van der Waals surface area contributed by atoms with Gasteiger partial charge in [-0.3, -0.25) is 0 Å². The number of hydrogen-bond acceptors (Lipinski definition) is 4.